The van der Waals surface area contributed by atoms with E-state index in [-0.39, 0.29) is 12.6 Å². The zero-order valence-corrected chi connectivity index (χ0v) is 12.7. The van der Waals surface area contributed by atoms with Crippen molar-refractivity contribution in [2.75, 3.05) is 26.2 Å². The Hall–Kier alpha value is -0.850. The van der Waals surface area contributed by atoms with Gasteiger partial charge in [-0.05, 0) is 46.6 Å². The zero-order chi connectivity index (χ0) is 15.0. The molecule has 0 aromatic heterocycles. The minimum Gasteiger partial charge on any atom is -0.444 e. The van der Waals surface area contributed by atoms with E-state index in [1.54, 1.807) is 4.90 Å². The Morgan fingerprint density at radius 2 is 2.10 bits per heavy atom. The summed E-state index contributed by atoms with van der Waals surface area (Å²) in [5.41, 5.74) is 4.18. The van der Waals surface area contributed by atoms with Crippen molar-refractivity contribution in [1.82, 2.24) is 10.2 Å². The quantitative estimate of drug-likeness (QED) is 0.650. The molecular weight excluding hydrogens is 258 g/mol. The van der Waals surface area contributed by atoms with E-state index >= 15 is 0 Å². The van der Waals surface area contributed by atoms with Crippen molar-refractivity contribution < 1.29 is 14.6 Å². The minimum atomic E-state index is -1.03. The van der Waals surface area contributed by atoms with E-state index in [9.17, 15) is 9.90 Å². The third-order valence-corrected chi connectivity index (χ3v) is 4.24. The van der Waals surface area contributed by atoms with Crippen molar-refractivity contribution in [3.8, 4) is 0 Å². The van der Waals surface area contributed by atoms with Gasteiger partial charge < -0.3 is 25.8 Å². The second kappa shape index (κ2) is 5.16. The normalized spacial score (nSPS) is 35.1. The Morgan fingerprint density at radius 1 is 1.40 bits per heavy atom. The van der Waals surface area contributed by atoms with E-state index in [0.717, 1.165) is 19.4 Å². The van der Waals surface area contributed by atoms with Crippen LogP contribution in [0.3, 0.4) is 0 Å². The lowest BCUT2D eigenvalue weighted by Gasteiger charge is -2.45. The van der Waals surface area contributed by atoms with Crippen LogP contribution >= 0.6 is 0 Å². The smallest absolute Gasteiger partial charge is 0.410 e. The van der Waals surface area contributed by atoms with E-state index in [4.69, 9.17) is 10.5 Å². The lowest BCUT2D eigenvalue weighted by molar-refractivity contribution is -0.0392. The highest BCUT2D eigenvalue weighted by molar-refractivity contribution is 5.68. The molecule has 2 unspecified atom stereocenters. The molecule has 0 radical (unpaired) electrons. The first-order valence-electron chi connectivity index (χ1n) is 7.35. The average molecular weight is 285 g/mol. The molecule has 2 heterocycles. The molecular formula is C14H27N3O3. The van der Waals surface area contributed by atoms with Crippen LogP contribution in [-0.2, 0) is 4.74 Å². The largest absolute Gasteiger partial charge is 0.444 e. The van der Waals surface area contributed by atoms with Gasteiger partial charge in [-0.1, -0.05) is 0 Å². The summed E-state index contributed by atoms with van der Waals surface area (Å²) in [6.07, 6.45) is 1.86. The Morgan fingerprint density at radius 3 is 2.65 bits per heavy atom. The Balaban J connectivity index is 2.02. The zero-order valence-electron chi connectivity index (χ0n) is 12.7. The Bertz CT molecular complexity index is 374. The van der Waals surface area contributed by atoms with Gasteiger partial charge in [0, 0.05) is 13.1 Å². The van der Waals surface area contributed by atoms with Crippen LogP contribution in [0.4, 0.5) is 4.79 Å². The number of piperidine rings is 1. The van der Waals surface area contributed by atoms with Crippen LogP contribution in [0, 0.1) is 0 Å². The van der Waals surface area contributed by atoms with Crippen LogP contribution < -0.4 is 11.1 Å². The number of carbonyl (C=O) groups excluding carboxylic acids is 1. The Kier molecular flexibility index (Phi) is 4.01. The molecule has 6 heteroatoms. The summed E-state index contributed by atoms with van der Waals surface area (Å²) in [7, 11) is 0. The van der Waals surface area contributed by atoms with Gasteiger partial charge >= 0.3 is 6.09 Å². The average Bonchev–Trinajstić information content (AvgIpc) is 2.73. The number of aliphatic hydroxyl groups is 1. The van der Waals surface area contributed by atoms with Crippen LogP contribution in [0.25, 0.3) is 0 Å². The first-order chi connectivity index (χ1) is 9.15. The number of amides is 1. The topological polar surface area (TPSA) is 87.8 Å². The lowest BCUT2D eigenvalue weighted by Crippen LogP contribution is -2.68. The summed E-state index contributed by atoms with van der Waals surface area (Å²) in [4.78, 5) is 13.6. The predicted molar refractivity (Wildman–Crippen MR) is 76.4 cm³/mol. The van der Waals surface area contributed by atoms with Gasteiger partial charge in [-0.3, -0.25) is 0 Å². The highest BCUT2D eigenvalue weighted by atomic mass is 16.6. The SMILES string of the molecule is CC(C)(C)OC(=O)N1CCC(O)(C2(N)CCCNC2)C1. The van der Waals surface area contributed by atoms with Crippen LogP contribution in [0.2, 0.25) is 0 Å². The maximum absolute atomic E-state index is 12.1. The van der Waals surface area contributed by atoms with Crippen molar-refractivity contribution in [1.29, 1.82) is 0 Å². The van der Waals surface area contributed by atoms with Gasteiger partial charge in [0.25, 0.3) is 0 Å². The van der Waals surface area contributed by atoms with Gasteiger partial charge in [0.2, 0.25) is 0 Å². The standard InChI is InChI=1S/C14H27N3O3/c1-12(2,3)20-11(18)17-8-6-14(19,10-17)13(15)5-4-7-16-9-13/h16,19H,4-10,15H2,1-3H3. The molecule has 116 valence electrons. The molecule has 0 bridgehead atoms. The molecule has 2 saturated heterocycles. The number of hydrogen-bond donors (Lipinski definition) is 3. The molecule has 0 spiro atoms. The van der Waals surface area contributed by atoms with Gasteiger partial charge in [-0.2, -0.15) is 0 Å². The summed E-state index contributed by atoms with van der Waals surface area (Å²) in [6, 6.07) is 0. The second-order valence-electron chi connectivity index (χ2n) is 7.12. The fraction of sp³-hybridized carbons (Fsp3) is 0.929. The summed E-state index contributed by atoms with van der Waals surface area (Å²) in [5, 5.41) is 14.1. The van der Waals surface area contributed by atoms with Crippen LogP contribution in [0.5, 0.6) is 0 Å². The number of ether oxygens (including phenoxy) is 1. The molecule has 2 fully saturated rings. The van der Waals surface area contributed by atoms with E-state index in [1.165, 1.54) is 0 Å². The maximum atomic E-state index is 12.1. The van der Waals surface area contributed by atoms with Crippen molar-refractivity contribution in [3.05, 3.63) is 0 Å². The first-order valence-corrected chi connectivity index (χ1v) is 7.35. The van der Waals surface area contributed by atoms with Crippen LogP contribution in [-0.4, -0.2) is 59.0 Å². The summed E-state index contributed by atoms with van der Waals surface area (Å²) in [6.45, 7) is 7.77. The predicted octanol–water partition coefficient (Wildman–Crippen LogP) is 0.439. The molecule has 2 aliphatic heterocycles. The van der Waals surface area contributed by atoms with Gasteiger partial charge in [0.1, 0.15) is 11.2 Å². The maximum Gasteiger partial charge on any atom is 0.410 e. The third-order valence-electron chi connectivity index (χ3n) is 4.24. The summed E-state index contributed by atoms with van der Waals surface area (Å²) >= 11 is 0. The van der Waals surface area contributed by atoms with E-state index in [1.807, 2.05) is 20.8 Å². The number of nitrogens with one attached hydrogen (secondary N) is 1. The van der Waals surface area contributed by atoms with Crippen LogP contribution in [0.15, 0.2) is 0 Å². The number of hydrogen-bond acceptors (Lipinski definition) is 5. The third kappa shape index (κ3) is 3.07. The number of nitrogens with zero attached hydrogens (tertiary/aromatic N) is 1. The highest BCUT2D eigenvalue weighted by Crippen LogP contribution is 2.35. The number of β-amino-alcohol motifs (C(OH)–C–C–N with tert-alkyl or cyclic N) is 1. The van der Waals surface area contributed by atoms with Gasteiger partial charge in [-0.15, -0.1) is 0 Å². The molecule has 0 aliphatic carbocycles. The van der Waals surface area contributed by atoms with Gasteiger partial charge in [0.05, 0.1) is 12.1 Å². The van der Waals surface area contributed by atoms with E-state index in [0.29, 0.717) is 19.5 Å². The molecule has 0 saturated carbocycles. The number of nitrogens with two attached hydrogens (primary N) is 1. The highest BCUT2D eigenvalue weighted by Gasteiger charge is 2.53. The summed E-state index contributed by atoms with van der Waals surface area (Å²) < 4.78 is 5.35. The minimum absolute atomic E-state index is 0.250. The monoisotopic (exact) mass is 285 g/mol. The number of carbonyl (C=O) groups is 1. The second-order valence-corrected chi connectivity index (χ2v) is 7.12. The van der Waals surface area contributed by atoms with E-state index < -0.39 is 16.7 Å². The van der Waals surface area contributed by atoms with E-state index in [2.05, 4.69) is 5.32 Å². The molecule has 1 amide bonds. The number of likely N-dealkylation sites (tertiary alicyclic amines) is 1. The fourth-order valence-corrected chi connectivity index (χ4v) is 3.01. The molecule has 6 nitrogen and oxygen atoms in total. The molecule has 4 N–H and O–H groups in total. The first kappa shape index (κ1) is 15.5. The van der Waals surface area contributed by atoms with Gasteiger partial charge in [-0.25, -0.2) is 4.79 Å². The van der Waals surface area contributed by atoms with Crippen molar-refractivity contribution in [3.63, 3.8) is 0 Å². The number of rotatable bonds is 1. The van der Waals surface area contributed by atoms with Gasteiger partial charge in [0.15, 0.2) is 0 Å². The molecule has 0 aromatic carbocycles. The van der Waals surface area contributed by atoms with Crippen molar-refractivity contribution in [2.45, 2.75) is 56.8 Å². The lowest BCUT2D eigenvalue weighted by atomic mass is 9.75. The fourth-order valence-electron chi connectivity index (χ4n) is 3.01. The molecule has 2 atom stereocenters. The molecule has 2 aliphatic rings. The molecule has 2 rings (SSSR count). The molecule has 20 heavy (non-hydrogen) atoms. The van der Waals surface area contributed by atoms with Crippen LogP contribution in [0.1, 0.15) is 40.0 Å². The molecule has 0 aromatic rings. The summed E-state index contributed by atoms with van der Waals surface area (Å²) in [5.74, 6) is 0. The Labute approximate surface area is 120 Å². The van der Waals surface area contributed by atoms with Crippen molar-refractivity contribution in [2.24, 2.45) is 5.73 Å². The van der Waals surface area contributed by atoms with Crippen molar-refractivity contribution >= 4 is 6.09 Å².